The van der Waals surface area contributed by atoms with Gasteiger partial charge in [-0.3, -0.25) is 9.59 Å². The number of carbonyl (C=O) groups is 2. The van der Waals surface area contributed by atoms with Crippen LogP contribution in [0.15, 0.2) is 42.5 Å². The summed E-state index contributed by atoms with van der Waals surface area (Å²) in [7, 11) is 3.03. The zero-order valence-electron chi connectivity index (χ0n) is 13.9. The second-order valence-electron chi connectivity index (χ2n) is 5.40. The van der Waals surface area contributed by atoms with Crippen LogP contribution in [0.5, 0.6) is 5.75 Å². The van der Waals surface area contributed by atoms with Crippen LogP contribution in [0.2, 0.25) is 5.02 Å². The third-order valence-electron chi connectivity index (χ3n) is 3.57. The Morgan fingerprint density at radius 1 is 1.20 bits per heavy atom. The molecular weight excluding hydrogens is 347 g/mol. The minimum absolute atomic E-state index is 0.122. The lowest BCUT2D eigenvalue weighted by Gasteiger charge is -2.17. The quantitative estimate of drug-likeness (QED) is 0.856. The minimum Gasteiger partial charge on any atom is -0.497 e. The summed E-state index contributed by atoms with van der Waals surface area (Å²) in [6, 6.07) is 11.0. The van der Waals surface area contributed by atoms with E-state index in [1.165, 1.54) is 30.1 Å². The topological polar surface area (TPSA) is 58.6 Å². The van der Waals surface area contributed by atoms with Crippen molar-refractivity contribution in [2.45, 2.75) is 6.42 Å². The molecule has 0 aliphatic rings. The number of anilines is 1. The molecule has 0 aliphatic carbocycles. The molecule has 0 saturated carbocycles. The number of ether oxygens (including phenoxy) is 1. The molecule has 0 aliphatic heterocycles. The van der Waals surface area contributed by atoms with E-state index in [4.69, 9.17) is 16.3 Å². The van der Waals surface area contributed by atoms with Crippen molar-refractivity contribution in [3.63, 3.8) is 0 Å². The fourth-order valence-electron chi connectivity index (χ4n) is 2.17. The molecule has 0 fully saturated rings. The number of nitrogens with zero attached hydrogens (tertiary/aromatic N) is 1. The highest BCUT2D eigenvalue weighted by molar-refractivity contribution is 6.31. The second kappa shape index (κ2) is 8.48. The zero-order valence-corrected chi connectivity index (χ0v) is 14.6. The van der Waals surface area contributed by atoms with Crippen LogP contribution in [0, 0.1) is 5.82 Å². The van der Waals surface area contributed by atoms with Crippen LogP contribution < -0.4 is 10.1 Å². The van der Waals surface area contributed by atoms with Gasteiger partial charge in [-0.15, -0.1) is 0 Å². The van der Waals surface area contributed by atoms with Gasteiger partial charge in [0.15, 0.2) is 0 Å². The van der Waals surface area contributed by atoms with Gasteiger partial charge < -0.3 is 15.0 Å². The molecule has 0 bridgehead atoms. The largest absolute Gasteiger partial charge is 0.497 e. The number of nitrogens with one attached hydrogen (secondary N) is 1. The molecule has 0 unspecified atom stereocenters. The Labute approximate surface area is 150 Å². The van der Waals surface area contributed by atoms with E-state index in [1.54, 1.807) is 31.4 Å². The maximum atomic E-state index is 13.7. The number of benzene rings is 2. The Kier molecular flexibility index (Phi) is 6.36. The van der Waals surface area contributed by atoms with Crippen LogP contribution in [0.1, 0.15) is 5.56 Å². The Morgan fingerprint density at radius 2 is 1.88 bits per heavy atom. The lowest BCUT2D eigenvalue weighted by Crippen LogP contribution is -2.36. The third kappa shape index (κ3) is 5.19. The first-order valence-corrected chi connectivity index (χ1v) is 7.89. The van der Waals surface area contributed by atoms with Gasteiger partial charge in [-0.25, -0.2) is 4.39 Å². The molecule has 0 spiro atoms. The number of hydrogen-bond donors (Lipinski definition) is 1. The van der Waals surface area contributed by atoms with E-state index in [-0.39, 0.29) is 29.5 Å². The van der Waals surface area contributed by atoms with Crippen molar-refractivity contribution in [1.82, 2.24) is 4.90 Å². The van der Waals surface area contributed by atoms with Gasteiger partial charge in [0.25, 0.3) is 0 Å². The minimum atomic E-state index is -0.545. The molecule has 0 aromatic heterocycles. The number of carbonyl (C=O) groups excluding carboxylic acids is 2. The first-order valence-electron chi connectivity index (χ1n) is 7.51. The molecule has 0 radical (unpaired) electrons. The van der Waals surface area contributed by atoms with Gasteiger partial charge >= 0.3 is 0 Å². The molecule has 2 rings (SSSR count). The van der Waals surface area contributed by atoms with E-state index in [9.17, 15) is 14.0 Å². The van der Waals surface area contributed by atoms with E-state index in [0.29, 0.717) is 11.4 Å². The fourth-order valence-corrected chi connectivity index (χ4v) is 2.40. The number of rotatable bonds is 6. The molecule has 0 saturated heterocycles. The number of halogens is 2. The van der Waals surface area contributed by atoms with E-state index in [1.807, 2.05) is 0 Å². The second-order valence-corrected chi connectivity index (χ2v) is 5.81. The highest BCUT2D eigenvalue weighted by Crippen LogP contribution is 2.20. The van der Waals surface area contributed by atoms with Crippen molar-refractivity contribution in [3.8, 4) is 5.75 Å². The number of amides is 2. The van der Waals surface area contributed by atoms with E-state index in [2.05, 4.69) is 5.32 Å². The van der Waals surface area contributed by atoms with Crippen molar-refractivity contribution < 1.29 is 18.7 Å². The highest BCUT2D eigenvalue weighted by Gasteiger charge is 2.17. The van der Waals surface area contributed by atoms with E-state index in [0.717, 1.165) is 0 Å². The lowest BCUT2D eigenvalue weighted by atomic mass is 10.1. The summed E-state index contributed by atoms with van der Waals surface area (Å²) < 4.78 is 18.8. The number of methoxy groups -OCH3 is 1. The summed E-state index contributed by atoms with van der Waals surface area (Å²) in [4.78, 5) is 25.4. The van der Waals surface area contributed by atoms with Gasteiger partial charge in [-0.05, 0) is 36.4 Å². The van der Waals surface area contributed by atoms with Crippen molar-refractivity contribution >= 4 is 29.1 Å². The highest BCUT2D eigenvalue weighted by atomic mass is 35.5. The Morgan fingerprint density at radius 3 is 2.48 bits per heavy atom. The fraction of sp³-hybridized carbons (Fsp3) is 0.222. The summed E-state index contributed by atoms with van der Waals surface area (Å²) in [5, 5.41) is 2.86. The van der Waals surface area contributed by atoms with Crippen LogP contribution in [0.4, 0.5) is 10.1 Å². The molecule has 2 amide bonds. The molecule has 0 heterocycles. The molecule has 5 nitrogen and oxygen atoms in total. The Balaban J connectivity index is 1.92. The summed E-state index contributed by atoms with van der Waals surface area (Å²) >= 11 is 5.92. The van der Waals surface area contributed by atoms with Gasteiger partial charge in [0.2, 0.25) is 11.8 Å². The molecular formula is C18H18ClFN2O3. The Hall–Kier alpha value is -2.60. The van der Waals surface area contributed by atoms with Gasteiger partial charge in [0, 0.05) is 23.3 Å². The van der Waals surface area contributed by atoms with Gasteiger partial charge in [-0.2, -0.15) is 0 Å². The smallest absolute Gasteiger partial charge is 0.243 e. The SMILES string of the molecule is COc1ccc(NC(=O)CN(C)C(=O)Cc2c(F)cccc2Cl)cc1. The molecule has 1 N–H and O–H groups in total. The number of hydrogen-bond acceptors (Lipinski definition) is 3. The summed E-state index contributed by atoms with van der Waals surface area (Å²) in [6.07, 6.45) is -0.210. The van der Waals surface area contributed by atoms with Crippen LogP contribution in [0.3, 0.4) is 0 Å². The van der Waals surface area contributed by atoms with Crippen molar-refractivity contribution in [2.24, 2.45) is 0 Å². The maximum absolute atomic E-state index is 13.7. The van der Waals surface area contributed by atoms with Gasteiger partial charge in [0.05, 0.1) is 20.1 Å². The van der Waals surface area contributed by atoms with Crippen LogP contribution in [-0.2, 0) is 16.0 Å². The van der Waals surface area contributed by atoms with Crippen molar-refractivity contribution in [3.05, 3.63) is 58.9 Å². The molecule has 0 atom stereocenters. The summed E-state index contributed by atoms with van der Waals surface area (Å²) in [5.41, 5.74) is 0.709. The standard InChI is InChI=1S/C18H18ClFN2O3/c1-22(18(24)10-14-15(19)4-3-5-16(14)20)11-17(23)21-12-6-8-13(25-2)9-7-12/h3-9H,10-11H2,1-2H3,(H,21,23). The number of likely N-dealkylation sites (N-methyl/N-ethyl adjacent to an activating group) is 1. The zero-order chi connectivity index (χ0) is 18.4. The molecule has 2 aromatic rings. The van der Waals surface area contributed by atoms with E-state index >= 15 is 0 Å². The predicted octanol–water partition coefficient (Wildman–Crippen LogP) is 3.13. The predicted molar refractivity (Wildman–Crippen MR) is 94.4 cm³/mol. The average molecular weight is 365 g/mol. The molecule has 25 heavy (non-hydrogen) atoms. The van der Waals surface area contributed by atoms with Crippen LogP contribution in [-0.4, -0.2) is 37.4 Å². The molecule has 132 valence electrons. The van der Waals surface area contributed by atoms with Crippen LogP contribution in [0.25, 0.3) is 0 Å². The van der Waals surface area contributed by atoms with Gasteiger partial charge in [0.1, 0.15) is 11.6 Å². The lowest BCUT2D eigenvalue weighted by molar-refractivity contribution is -0.132. The summed E-state index contributed by atoms with van der Waals surface area (Å²) in [6.45, 7) is -0.156. The van der Waals surface area contributed by atoms with Gasteiger partial charge in [-0.1, -0.05) is 17.7 Å². The van der Waals surface area contributed by atoms with Crippen molar-refractivity contribution in [1.29, 1.82) is 0 Å². The first-order chi connectivity index (χ1) is 11.9. The first kappa shape index (κ1) is 18.7. The molecule has 7 heteroatoms. The molecule has 2 aromatic carbocycles. The Bertz CT molecular complexity index is 745. The normalized spacial score (nSPS) is 10.2. The van der Waals surface area contributed by atoms with Crippen molar-refractivity contribution in [2.75, 3.05) is 26.0 Å². The van der Waals surface area contributed by atoms with E-state index < -0.39 is 11.7 Å². The monoisotopic (exact) mass is 364 g/mol. The third-order valence-corrected chi connectivity index (χ3v) is 3.92. The maximum Gasteiger partial charge on any atom is 0.243 e. The average Bonchev–Trinajstić information content (AvgIpc) is 2.58. The summed E-state index contributed by atoms with van der Waals surface area (Å²) in [5.74, 6) is -0.637. The van der Waals surface area contributed by atoms with Crippen LogP contribution >= 0.6 is 11.6 Å².